The molecular formula is C16H18N2O. The summed E-state index contributed by atoms with van der Waals surface area (Å²) < 4.78 is 7.58. The average Bonchev–Trinajstić information content (AvgIpc) is 3.05. The summed E-state index contributed by atoms with van der Waals surface area (Å²) in [5.41, 5.74) is 2.64. The number of rotatable bonds is 5. The molecule has 3 rings (SSSR count). The van der Waals surface area contributed by atoms with Gasteiger partial charge in [0.25, 0.3) is 0 Å². The van der Waals surface area contributed by atoms with E-state index in [1.165, 1.54) is 16.5 Å². The van der Waals surface area contributed by atoms with Crippen LogP contribution in [-0.4, -0.2) is 11.1 Å². The molecule has 0 amide bonds. The molecule has 0 saturated carbocycles. The van der Waals surface area contributed by atoms with Crippen molar-refractivity contribution in [2.24, 2.45) is 0 Å². The van der Waals surface area contributed by atoms with Crippen LogP contribution in [0.2, 0.25) is 0 Å². The van der Waals surface area contributed by atoms with Gasteiger partial charge in [-0.25, -0.2) is 0 Å². The van der Waals surface area contributed by atoms with Gasteiger partial charge in [0.1, 0.15) is 5.76 Å². The van der Waals surface area contributed by atoms with Gasteiger partial charge in [0.15, 0.2) is 0 Å². The number of furan rings is 1. The molecule has 0 unspecified atom stereocenters. The van der Waals surface area contributed by atoms with E-state index in [4.69, 9.17) is 4.42 Å². The first-order chi connectivity index (χ1) is 9.34. The second-order valence-electron chi connectivity index (χ2n) is 4.77. The van der Waals surface area contributed by atoms with Crippen LogP contribution in [0.5, 0.6) is 0 Å². The lowest BCUT2D eigenvalue weighted by Crippen LogP contribution is -2.18. The topological polar surface area (TPSA) is 30.1 Å². The summed E-state index contributed by atoms with van der Waals surface area (Å²) in [4.78, 5) is 0. The van der Waals surface area contributed by atoms with Crippen molar-refractivity contribution < 1.29 is 4.42 Å². The Morgan fingerprint density at radius 3 is 2.95 bits per heavy atom. The molecule has 0 aliphatic carbocycles. The molecule has 0 aliphatic rings. The second kappa shape index (κ2) is 5.33. The maximum absolute atomic E-state index is 5.29. The Hall–Kier alpha value is -2.00. The number of nitrogens with one attached hydrogen (secondary N) is 1. The number of aromatic nitrogens is 1. The molecule has 1 N–H and O–H groups in total. The fraction of sp³-hybridized carbons (Fsp3) is 0.250. The maximum atomic E-state index is 5.29. The van der Waals surface area contributed by atoms with Crippen LogP contribution in [0.25, 0.3) is 10.9 Å². The van der Waals surface area contributed by atoms with Gasteiger partial charge in [-0.1, -0.05) is 12.1 Å². The monoisotopic (exact) mass is 254 g/mol. The van der Waals surface area contributed by atoms with Crippen LogP contribution in [0, 0.1) is 6.92 Å². The Bertz CT molecular complexity index is 653. The van der Waals surface area contributed by atoms with Crippen molar-refractivity contribution >= 4 is 10.9 Å². The van der Waals surface area contributed by atoms with Gasteiger partial charge in [-0.15, -0.1) is 0 Å². The minimum absolute atomic E-state index is 0.783. The minimum Gasteiger partial charge on any atom is -0.468 e. The molecule has 19 heavy (non-hydrogen) atoms. The van der Waals surface area contributed by atoms with Gasteiger partial charge in [-0.3, -0.25) is 0 Å². The first-order valence-electron chi connectivity index (χ1n) is 6.62. The van der Waals surface area contributed by atoms with Crippen molar-refractivity contribution in [3.05, 3.63) is 60.2 Å². The Morgan fingerprint density at radius 1 is 1.16 bits per heavy atom. The molecule has 3 heteroatoms. The number of benzene rings is 1. The second-order valence-corrected chi connectivity index (χ2v) is 4.77. The first-order valence-corrected chi connectivity index (χ1v) is 6.62. The van der Waals surface area contributed by atoms with Gasteiger partial charge in [0.2, 0.25) is 0 Å². The Kier molecular flexibility index (Phi) is 3.38. The average molecular weight is 254 g/mol. The van der Waals surface area contributed by atoms with E-state index < -0.39 is 0 Å². The molecule has 0 radical (unpaired) electrons. The number of nitrogens with zero attached hydrogens (tertiary/aromatic N) is 1. The van der Waals surface area contributed by atoms with Crippen molar-refractivity contribution in [1.29, 1.82) is 0 Å². The van der Waals surface area contributed by atoms with Crippen LogP contribution < -0.4 is 5.32 Å². The zero-order valence-electron chi connectivity index (χ0n) is 11.1. The standard InChI is InChI=1S/C16H18N2O/c1-13-4-2-6-16-15(13)7-9-18(16)10-8-17-12-14-5-3-11-19-14/h2-7,9,11,17H,8,10,12H2,1H3. The molecule has 0 saturated heterocycles. The number of aryl methyl sites for hydroxylation is 1. The predicted octanol–water partition coefficient (Wildman–Crippen LogP) is 3.33. The van der Waals surface area contributed by atoms with Crippen LogP contribution in [0.3, 0.4) is 0 Å². The lowest BCUT2D eigenvalue weighted by Gasteiger charge is -2.07. The summed E-state index contributed by atoms with van der Waals surface area (Å²) in [7, 11) is 0. The van der Waals surface area contributed by atoms with Gasteiger partial charge < -0.3 is 14.3 Å². The van der Waals surface area contributed by atoms with Crippen LogP contribution in [0.4, 0.5) is 0 Å². The summed E-state index contributed by atoms with van der Waals surface area (Å²) >= 11 is 0. The van der Waals surface area contributed by atoms with E-state index >= 15 is 0 Å². The molecule has 2 heterocycles. The van der Waals surface area contributed by atoms with Crippen molar-refractivity contribution in [1.82, 2.24) is 9.88 Å². The lowest BCUT2D eigenvalue weighted by atomic mass is 10.1. The largest absolute Gasteiger partial charge is 0.468 e. The maximum Gasteiger partial charge on any atom is 0.117 e. The highest BCUT2D eigenvalue weighted by Crippen LogP contribution is 2.19. The highest BCUT2D eigenvalue weighted by Gasteiger charge is 2.02. The normalized spacial score (nSPS) is 11.2. The molecule has 2 aromatic heterocycles. The first kappa shape index (κ1) is 12.1. The van der Waals surface area contributed by atoms with Gasteiger partial charge in [-0.05, 0) is 36.8 Å². The van der Waals surface area contributed by atoms with Crippen LogP contribution in [-0.2, 0) is 13.1 Å². The van der Waals surface area contributed by atoms with E-state index in [0.29, 0.717) is 0 Å². The van der Waals surface area contributed by atoms with E-state index in [9.17, 15) is 0 Å². The third kappa shape index (κ3) is 2.56. The van der Waals surface area contributed by atoms with E-state index in [1.54, 1.807) is 6.26 Å². The zero-order chi connectivity index (χ0) is 13.1. The van der Waals surface area contributed by atoms with Crippen molar-refractivity contribution in [2.75, 3.05) is 6.54 Å². The number of fused-ring (bicyclic) bond motifs is 1. The molecule has 0 aliphatic heterocycles. The zero-order valence-corrected chi connectivity index (χ0v) is 11.1. The van der Waals surface area contributed by atoms with Crippen LogP contribution in [0.15, 0.2) is 53.3 Å². The molecule has 0 fully saturated rings. The molecule has 0 bridgehead atoms. The fourth-order valence-electron chi connectivity index (χ4n) is 2.40. The number of hydrogen-bond acceptors (Lipinski definition) is 2. The fourth-order valence-corrected chi connectivity index (χ4v) is 2.40. The molecule has 0 spiro atoms. The van der Waals surface area contributed by atoms with E-state index in [0.717, 1.165) is 25.4 Å². The van der Waals surface area contributed by atoms with Gasteiger partial charge in [0, 0.05) is 30.2 Å². The Labute approximate surface area is 112 Å². The Morgan fingerprint density at radius 2 is 2.11 bits per heavy atom. The number of hydrogen-bond donors (Lipinski definition) is 1. The van der Waals surface area contributed by atoms with Gasteiger partial charge >= 0.3 is 0 Å². The predicted molar refractivity (Wildman–Crippen MR) is 77.1 cm³/mol. The van der Waals surface area contributed by atoms with Crippen molar-refractivity contribution in [3.8, 4) is 0 Å². The van der Waals surface area contributed by atoms with Crippen molar-refractivity contribution in [3.63, 3.8) is 0 Å². The third-order valence-electron chi connectivity index (χ3n) is 3.44. The Balaban J connectivity index is 1.61. The van der Waals surface area contributed by atoms with E-state index in [2.05, 4.69) is 47.3 Å². The van der Waals surface area contributed by atoms with Crippen molar-refractivity contribution in [2.45, 2.75) is 20.0 Å². The molecular weight excluding hydrogens is 236 g/mol. The van der Waals surface area contributed by atoms with Gasteiger partial charge in [-0.2, -0.15) is 0 Å². The van der Waals surface area contributed by atoms with Crippen LogP contribution in [0.1, 0.15) is 11.3 Å². The SMILES string of the molecule is Cc1cccc2c1ccn2CCNCc1ccco1. The van der Waals surface area contributed by atoms with E-state index in [-0.39, 0.29) is 0 Å². The molecule has 3 aromatic rings. The molecule has 1 aromatic carbocycles. The summed E-state index contributed by atoms with van der Waals surface area (Å²) in [6.07, 6.45) is 3.87. The smallest absolute Gasteiger partial charge is 0.117 e. The molecule has 0 atom stereocenters. The molecule has 3 nitrogen and oxygen atoms in total. The quantitative estimate of drug-likeness (QED) is 0.708. The van der Waals surface area contributed by atoms with Crippen LogP contribution >= 0.6 is 0 Å². The highest BCUT2D eigenvalue weighted by molar-refractivity contribution is 5.83. The molecule has 98 valence electrons. The third-order valence-corrected chi connectivity index (χ3v) is 3.44. The summed E-state index contributed by atoms with van der Waals surface area (Å²) in [5.74, 6) is 0.980. The summed E-state index contributed by atoms with van der Waals surface area (Å²) in [6, 6.07) is 12.5. The summed E-state index contributed by atoms with van der Waals surface area (Å²) in [5, 5.41) is 4.73. The minimum atomic E-state index is 0.783. The van der Waals surface area contributed by atoms with E-state index in [1.807, 2.05) is 12.1 Å². The summed E-state index contributed by atoms with van der Waals surface area (Å²) in [6.45, 7) is 4.83. The lowest BCUT2D eigenvalue weighted by molar-refractivity contribution is 0.477. The van der Waals surface area contributed by atoms with Gasteiger partial charge in [0.05, 0.1) is 12.8 Å². The highest BCUT2D eigenvalue weighted by atomic mass is 16.3.